The van der Waals surface area contributed by atoms with Crippen molar-refractivity contribution in [3.05, 3.63) is 70.7 Å². The predicted octanol–water partition coefficient (Wildman–Crippen LogP) is 2.88. The quantitative estimate of drug-likeness (QED) is 0.751. The zero-order valence-electron chi connectivity index (χ0n) is 12.2. The van der Waals surface area contributed by atoms with Crippen molar-refractivity contribution < 1.29 is 13.7 Å². The van der Waals surface area contributed by atoms with Gasteiger partial charge in [0.1, 0.15) is 0 Å². The zero-order chi connectivity index (χ0) is 16.1. The minimum absolute atomic E-state index is 0.272. The third-order valence-electron chi connectivity index (χ3n) is 3.19. The topological polar surface area (TPSA) is 81.2 Å². The molecule has 0 saturated heterocycles. The van der Waals surface area contributed by atoms with Gasteiger partial charge in [-0.2, -0.15) is 4.98 Å². The molecule has 1 aromatic carbocycles. The standard InChI is InChI=1S/C16H14ClN3O3/c17-12-5-2-1-4-11(12)10-14-19-15(23-20-14)7-8-18-16(21)13-6-3-9-22-13/h1-6,9H,7-8,10H2,(H,18,21). The van der Waals surface area contributed by atoms with Crippen LogP contribution in [0, 0.1) is 0 Å². The monoisotopic (exact) mass is 331 g/mol. The van der Waals surface area contributed by atoms with Gasteiger partial charge < -0.3 is 14.3 Å². The molecule has 7 heteroatoms. The van der Waals surface area contributed by atoms with E-state index in [0.717, 1.165) is 5.56 Å². The van der Waals surface area contributed by atoms with E-state index >= 15 is 0 Å². The Hall–Kier alpha value is -2.60. The molecule has 6 nitrogen and oxygen atoms in total. The van der Waals surface area contributed by atoms with E-state index in [2.05, 4.69) is 15.5 Å². The van der Waals surface area contributed by atoms with Gasteiger partial charge in [0.15, 0.2) is 11.6 Å². The van der Waals surface area contributed by atoms with Crippen LogP contribution in [0.5, 0.6) is 0 Å². The number of aromatic nitrogens is 2. The molecule has 0 fully saturated rings. The summed E-state index contributed by atoms with van der Waals surface area (Å²) < 4.78 is 10.2. The van der Waals surface area contributed by atoms with Crippen LogP contribution in [0.3, 0.4) is 0 Å². The van der Waals surface area contributed by atoms with Crippen molar-refractivity contribution in [3.8, 4) is 0 Å². The highest BCUT2D eigenvalue weighted by atomic mass is 35.5. The maximum Gasteiger partial charge on any atom is 0.286 e. The minimum atomic E-state index is -0.272. The summed E-state index contributed by atoms with van der Waals surface area (Å²) >= 11 is 6.11. The van der Waals surface area contributed by atoms with Crippen LogP contribution in [-0.4, -0.2) is 22.6 Å². The SMILES string of the molecule is O=C(NCCc1nc(Cc2ccccc2Cl)no1)c1ccco1. The van der Waals surface area contributed by atoms with Crippen molar-refractivity contribution in [1.29, 1.82) is 0 Å². The van der Waals surface area contributed by atoms with Gasteiger partial charge in [0, 0.05) is 24.4 Å². The number of nitrogens with zero attached hydrogens (tertiary/aromatic N) is 2. The number of nitrogens with one attached hydrogen (secondary N) is 1. The third-order valence-corrected chi connectivity index (χ3v) is 3.55. The van der Waals surface area contributed by atoms with Gasteiger partial charge in [-0.15, -0.1) is 0 Å². The molecule has 1 N–H and O–H groups in total. The van der Waals surface area contributed by atoms with Crippen LogP contribution in [0.2, 0.25) is 5.02 Å². The summed E-state index contributed by atoms with van der Waals surface area (Å²) in [4.78, 5) is 16.0. The first kappa shape index (κ1) is 15.3. The third kappa shape index (κ3) is 3.98. The molecule has 23 heavy (non-hydrogen) atoms. The molecule has 118 valence electrons. The summed E-state index contributed by atoms with van der Waals surface area (Å²) in [5.74, 6) is 1.03. The van der Waals surface area contributed by atoms with Gasteiger partial charge >= 0.3 is 0 Å². The summed E-state index contributed by atoms with van der Waals surface area (Å²) in [5.41, 5.74) is 0.938. The first-order valence-corrected chi connectivity index (χ1v) is 7.47. The van der Waals surface area contributed by atoms with Gasteiger partial charge in [0.2, 0.25) is 5.89 Å². The number of hydrogen-bond acceptors (Lipinski definition) is 5. The van der Waals surface area contributed by atoms with Crippen LogP contribution in [0.25, 0.3) is 0 Å². The first-order chi connectivity index (χ1) is 11.2. The van der Waals surface area contributed by atoms with Crippen LogP contribution < -0.4 is 5.32 Å². The molecule has 0 radical (unpaired) electrons. The lowest BCUT2D eigenvalue weighted by Gasteiger charge is -2.00. The molecule has 0 atom stereocenters. The van der Waals surface area contributed by atoms with Crippen molar-refractivity contribution in [2.75, 3.05) is 6.54 Å². The van der Waals surface area contributed by atoms with Crippen LogP contribution >= 0.6 is 11.6 Å². The van der Waals surface area contributed by atoms with Crippen molar-refractivity contribution in [2.45, 2.75) is 12.8 Å². The second-order valence-corrected chi connectivity index (χ2v) is 5.26. The molecular formula is C16H14ClN3O3. The largest absolute Gasteiger partial charge is 0.459 e. The number of rotatable bonds is 6. The molecule has 2 heterocycles. The fourth-order valence-electron chi connectivity index (χ4n) is 2.05. The number of amides is 1. The lowest BCUT2D eigenvalue weighted by atomic mass is 10.1. The van der Waals surface area contributed by atoms with Crippen LogP contribution in [0.4, 0.5) is 0 Å². The van der Waals surface area contributed by atoms with E-state index in [1.54, 1.807) is 12.1 Å². The highest BCUT2D eigenvalue weighted by Crippen LogP contribution is 2.17. The second-order valence-electron chi connectivity index (χ2n) is 4.86. The molecule has 3 aromatic rings. The number of carbonyl (C=O) groups excluding carboxylic acids is 1. The number of furan rings is 1. The van der Waals surface area contributed by atoms with Crippen LogP contribution in [0.1, 0.15) is 27.8 Å². The van der Waals surface area contributed by atoms with E-state index in [1.807, 2.05) is 24.3 Å². The Morgan fingerprint density at radius 1 is 1.22 bits per heavy atom. The highest BCUT2D eigenvalue weighted by molar-refractivity contribution is 6.31. The molecular weight excluding hydrogens is 318 g/mol. The molecule has 0 aliphatic carbocycles. The van der Waals surface area contributed by atoms with Crippen molar-refractivity contribution >= 4 is 17.5 Å². The number of carbonyl (C=O) groups is 1. The Morgan fingerprint density at radius 3 is 2.87 bits per heavy atom. The van der Waals surface area contributed by atoms with E-state index in [4.69, 9.17) is 20.5 Å². The lowest BCUT2D eigenvalue weighted by molar-refractivity contribution is 0.0925. The van der Waals surface area contributed by atoms with Gasteiger partial charge in [-0.05, 0) is 23.8 Å². The number of halogens is 1. The molecule has 0 spiro atoms. The maximum atomic E-state index is 11.7. The van der Waals surface area contributed by atoms with Gasteiger partial charge in [0.25, 0.3) is 5.91 Å². The molecule has 0 bridgehead atoms. The second kappa shape index (κ2) is 7.11. The van der Waals surface area contributed by atoms with Gasteiger partial charge in [0.05, 0.1) is 6.26 Å². The Kier molecular flexibility index (Phi) is 4.73. The maximum absolute atomic E-state index is 11.7. The number of benzene rings is 1. The van der Waals surface area contributed by atoms with Crippen LogP contribution in [-0.2, 0) is 12.8 Å². The minimum Gasteiger partial charge on any atom is -0.459 e. The molecule has 2 aromatic heterocycles. The normalized spacial score (nSPS) is 10.7. The molecule has 1 amide bonds. The zero-order valence-corrected chi connectivity index (χ0v) is 12.9. The van der Waals surface area contributed by atoms with Gasteiger partial charge in [-0.3, -0.25) is 4.79 Å². The van der Waals surface area contributed by atoms with E-state index < -0.39 is 0 Å². The Labute approximate surface area is 137 Å². The lowest BCUT2D eigenvalue weighted by Crippen LogP contribution is -2.25. The molecule has 0 saturated carbocycles. The Morgan fingerprint density at radius 2 is 2.09 bits per heavy atom. The molecule has 0 aliphatic heterocycles. The smallest absolute Gasteiger partial charge is 0.286 e. The highest BCUT2D eigenvalue weighted by Gasteiger charge is 2.11. The van der Waals surface area contributed by atoms with E-state index in [9.17, 15) is 4.79 Å². The van der Waals surface area contributed by atoms with Crippen molar-refractivity contribution in [2.24, 2.45) is 0 Å². The predicted molar refractivity (Wildman–Crippen MR) is 83.3 cm³/mol. The fraction of sp³-hybridized carbons (Fsp3) is 0.188. The summed E-state index contributed by atoms with van der Waals surface area (Å²) in [6.45, 7) is 0.382. The first-order valence-electron chi connectivity index (χ1n) is 7.09. The van der Waals surface area contributed by atoms with Crippen molar-refractivity contribution in [1.82, 2.24) is 15.5 Å². The summed E-state index contributed by atoms with van der Waals surface area (Å²) in [6.07, 6.45) is 2.40. The van der Waals surface area contributed by atoms with Gasteiger partial charge in [-0.1, -0.05) is 35.0 Å². The summed E-state index contributed by atoms with van der Waals surface area (Å²) in [5, 5.41) is 7.32. The summed E-state index contributed by atoms with van der Waals surface area (Å²) in [7, 11) is 0. The average Bonchev–Trinajstić information content (AvgIpc) is 3.21. The summed E-state index contributed by atoms with van der Waals surface area (Å²) in [6, 6.07) is 10.8. The van der Waals surface area contributed by atoms with E-state index in [-0.39, 0.29) is 11.7 Å². The Balaban J connectivity index is 1.51. The van der Waals surface area contributed by atoms with E-state index in [0.29, 0.717) is 36.1 Å². The van der Waals surface area contributed by atoms with Crippen LogP contribution in [0.15, 0.2) is 51.6 Å². The fourth-order valence-corrected chi connectivity index (χ4v) is 2.26. The van der Waals surface area contributed by atoms with Gasteiger partial charge in [-0.25, -0.2) is 0 Å². The van der Waals surface area contributed by atoms with Crippen molar-refractivity contribution in [3.63, 3.8) is 0 Å². The average molecular weight is 332 g/mol. The van der Waals surface area contributed by atoms with E-state index in [1.165, 1.54) is 6.26 Å². The molecule has 0 unspecified atom stereocenters. The number of hydrogen-bond donors (Lipinski definition) is 1. The Bertz CT molecular complexity index is 783. The molecule has 0 aliphatic rings. The molecule has 3 rings (SSSR count).